The Bertz CT molecular complexity index is 1040. The summed E-state index contributed by atoms with van der Waals surface area (Å²) in [4.78, 5) is 14.2. The molecule has 0 bridgehead atoms. The molecule has 2 aromatic carbocycles. The van der Waals surface area contributed by atoms with E-state index in [1.54, 1.807) is 14.0 Å². The Morgan fingerprint density at radius 3 is 2.59 bits per heavy atom. The maximum absolute atomic E-state index is 12.8. The molecule has 4 rings (SSSR count). The first-order valence-corrected chi connectivity index (χ1v) is 11.8. The Morgan fingerprint density at radius 2 is 1.90 bits per heavy atom. The standard InChI is InChI=1S/C20H18BrN3O3S2/c1-12-17(23-24(22-12)14-6-4-3-5-7-14)19(25)27-18-15(21)10-13(11-16(18)26-2)20-28-8-9-29-20/h3-7,10-11,20H,8-9H2,1-2H3. The fraction of sp³-hybridized carbons (Fsp3) is 0.250. The number of aromatic nitrogens is 3. The average Bonchev–Trinajstić information content (AvgIpc) is 3.40. The lowest BCUT2D eigenvalue weighted by molar-refractivity contribution is 0.0721. The topological polar surface area (TPSA) is 66.2 Å². The number of ether oxygens (including phenoxy) is 2. The number of nitrogens with zero attached hydrogens (tertiary/aromatic N) is 3. The number of halogens is 1. The number of aryl methyl sites for hydroxylation is 1. The smallest absolute Gasteiger partial charge is 0.366 e. The quantitative estimate of drug-likeness (QED) is 0.365. The molecule has 3 aromatic rings. The van der Waals surface area contributed by atoms with Gasteiger partial charge in [0.1, 0.15) is 0 Å². The average molecular weight is 492 g/mol. The molecule has 1 saturated heterocycles. The zero-order valence-electron chi connectivity index (χ0n) is 15.8. The van der Waals surface area contributed by atoms with Gasteiger partial charge in [0.2, 0.25) is 0 Å². The van der Waals surface area contributed by atoms with E-state index in [0.717, 1.165) is 22.8 Å². The van der Waals surface area contributed by atoms with Crippen molar-refractivity contribution in [3.63, 3.8) is 0 Å². The van der Waals surface area contributed by atoms with Gasteiger partial charge >= 0.3 is 5.97 Å². The summed E-state index contributed by atoms with van der Waals surface area (Å²) in [5, 5.41) is 8.64. The summed E-state index contributed by atoms with van der Waals surface area (Å²) in [6.07, 6.45) is 0. The third-order valence-corrected chi connectivity index (χ3v) is 8.00. The van der Waals surface area contributed by atoms with Crippen molar-refractivity contribution < 1.29 is 14.3 Å². The van der Waals surface area contributed by atoms with Gasteiger partial charge in [-0.05, 0) is 52.7 Å². The van der Waals surface area contributed by atoms with Gasteiger partial charge in [-0.25, -0.2) is 4.79 Å². The number of rotatable bonds is 5. The molecule has 6 nitrogen and oxygen atoms in total. The molecule has 0 spiro atoms. The predicted molar refractivity (Wildman–Crippen MR) is 119 cm³/mol. The fourth-order valence-electron chi connectivity index (χ4n) is 2.91. The van der Waals surface area contributed by atoms with E-state index >= 15 is 0 Å². The maximum atomic E-state index is 12.8. The molecule has 1 fully saturated rings. The molecule has 29 heavy (non-hydrogen) atoms. The van der Waals surface area contributed by atoms with Crippen molar-refractivity contribution in [3.05, 3.63) is 63.9 Å². The lowest BCUT2D eigenvalue weighted by atomic mass is 10.2. The van der Waals surface area contributed by atoms with E-state index in [2.05, 4.69) is 26.1 Å². The van der Waals surface area contributed by atoms with E-state index in [9.17, 15) is 4.79 Å². The van der Waals surface area contributed by atoms with Gasteiger partial charge in [-0.1, -0.05) is 18.2 Å². The summed E-state index contributed by atoms with van der Waals surface area (Å²) >= 11 is 7.33. The number of hydrogen-bond donors (Lipinski definition) is 0. The molecule has 150 valence electrons. The highest BCUT2D eigenvalue weighted by molar-refractivity contribution is 9.10. The SMILES string of the molecule is COc1cc(C2SCCS2)cc(Br)c1OC(=O)c1nn(-c2ccccc2)nc1C. The van der Waals surface area contributed by atoms with Crippen molar-refractivity contribution in [1.29, 1.82) is 0 Å². The van der Waals surface area contributed by atoms with Crippen LogP contribution >= 0.6 is 39.5 Å². The van der Waals surface area contributed by atoms with Crippen LogP contribution in [0.5, 0.6) is 11.5 Å². The Labute approximate surface area is 185 Å². The van der Waals surface area contributed by atoms with Crippen LogP contribution in [-0.2, 0) is 0 Å². The van der Waals surface area contributed by atoms with Crippen LogP contribution in [-0.4, -0.2) is 39.6 Å². The lowest BCUT2D eigenvalue weighted by Crippen LogP contribution is -2.12. The van der Waals surface area contributed by atoms with Gasteiger partial charge in [0.05, 0.1) is 27.5 Å². The van der Waals surface area contributed by atoms with Gasteiger partial charge in [-0.3, -0.25) is 0 Å². The second-order valence-electron chi connectivity index (χ2n) is 6.26. The largest absolute Gasteiger partial charge is 0.493 e. The first kappa shape index (κ1) is 20.3. The summed E-state index contributed by atoms with van der Waals surface area (Å²) < 4.78 is 12.2. The van der Waals surface area contributed by atoms with Gasteiger partial charge in [0.25, 0.3) is 0 Å². The fourth-order valence-corrected chi connectivity index (χ4v) is 6.27. The minimum Gasteiger partial charge on any atom is -0.493 e. The molecule has 9 heteroatoms. The van der Waals surface area contributed by atoms with Crippen LogP contribution < -0.4 is 9.47 Å². The Balaban J connectivity index is 1.61. The first-order valence-electron chi connectivity index (χ1n) is 8.89. The molecule has 0 N–H and O–H groups in total. The third-order valence-electron chi connectivity index (χ3n) is 4.30. The predicted octanol–water partition coefficient (Wildman–Crippen LogP) is 5.04. The van der Waals surface area contributed by atoms with Crippen LogP contribution in [0.4, 0.5) is 0 Å². The number of para-hydroxylation sites is 1. The minimum absolute atomic E-state index is 0.161. The monoisotopic (exact) mass is 491 g/mol. The number of hydrogen-bond acceptors (Lipinski definition) is 7. The van der Waals surface area contributed by atoms with Crippen LogP contribution in [0.15, 0.2) is 46.9 Å². The highest BCUT2D eigenvalue weighted by atomic mass is 79.9. The highest BCUT2D eigenvalue weighted by Crippen LogP contribution is 2.48. The molecule has 0 unspecified atom stereocenters. The number of thioether (sulfide) groups is 2. The van der Waals surface area contributed by atoms with E-state index in [-0.39, 0.29) is 5.69 Å². The summed E-state index contributed by atoms with van der Waals surface area (Å²) in [7, 11) is 1.56. The van der Waals surface area contributed by atoms with E-state index in [0.29, 0.717) is 26.2 Å². The van der Waals surface area contributed by atoms with Crippen LogP contribution in [0.3, 0.4) is 0 Å². The van der Waals surface area contributed by atoms with Crippen LogP contribution in [0.1, 0.15) is 26.3 Å². The van der Waals surface area contributed by atoms with E-state index in [1.165, 1.54) is 4.80 Å². The molecule has 0 amide bonds. The summed E-state index contributed by atoms with van der Waals surface area (Å²) in [6, 6.07) is 13.3. The van der Waals surface area contributed by atoms with Gasteiger partial charge in [0.15, 0.2) is 17.2 Å². The van der Waals surface area contributed by atoms with E-state index in [4.69, 9.17) is 9.47 Å². The molecule has 1 aromatic heterocycles. The second-order valence-corrected chi connectivity index (χ2v) is 9.83. The van der Waals surface area contributed by atoms with E-state index in [1.807, 2.05) is 66.0 Å². The number of methoxy groups -OCH3 is 1. The molecular weight excluding hydrogens is 474 g/mol. The number of esters is 1. The molecule has 0 radical (unpaired) electrons. The molecule has 0 atom stereocenters. The molecule has 0 saturated carbocycles. The molecule has 1 aliphatic heterocycles. The Hall–Kier alpha value is -1.97. The lowest BCUT2D eigenvalue weighted by Gasteiger charge is -2.15. The normalized spacial score (nSPS) is 14.2. The summed E-state index contributed by atoms with van der Waals surface area (Å²) in [5.41, 5.74) is 2.55. The molecule has 1 aliphatic rings. The highest BCUT2D eigenvalue weighted by Gasteiger charge is 2.25. The van der Waals surface area contributed by atoms with Gasteiger partial charge < -0.3 is 9.47 Å². The van der Waals surface area contributed by atoms with Gasteiger partial charge in [0, 0.05) is 11.5 Å². The molecular formula is C20H18BrN3O3S2. The second kappa shape index (κ2) is 8.81. The van der Waals surface area contributed by atoms with Crippen LogP contribution in [0.2, 0.25) is 0 Å². The first-order chi connectivity index (χ1) is 14.1. The van der Waals surface area contributed by atoms with Crippen LogP contribution in [0.25, 0.3) is 5.69 Å². The van der Waals surface area contributed by atoms with E-state index < -0.39 is 5.97 Å². The van der Waals surface area contributed by atoms with Crippen LogP contribution in [0, 0.1) is 6.92 Å². The molecule has 0 aliphatic carbocycles. The van der Waals surface area contributed by atoms with Crippen molar-refractivity contribution in [3.8, 4) is 17.2 Å². The summed E-state index contributed by atoms with van der Waals surface area (Å²) in [5.74, 6) is 2.51. The zero-order chi connectivity index (χ0) is 20.4. The molecule has 2 heterocycles. The minimum atomic E-state index is -0.582. The summed E-state index contributed by atoms with van der Waals surface area (Å²) in [6.45, 7) is 1.73. The number of carbonyl (C=O) groups is 1. The van der Waals surface area contributed by atoms with Crippen molar-refractivity contribution >= 4 is 45.4 Å². The maximum Gasteiger partial charge on any atom is 0.366 e. The number of carbonyl (C=O) groups excluding carboxylic acids is 1. The van der Waals surface area contributed by atoms with Gasteiger partial charge in [-0.15, -0.1) is 28.6 Å². The Kier molecular flexibility index (Phi) is 6.17. The van der Waals surface area contributed by atoms with Crippen molar-refractivity contribution in [2.75, 3.05) is 18.6 Å². The Morgan fingerprint density at radius 1 is 1.17 bits per heavy atom. The third kappa shape index (κ3) is 4.31. The number of benzene rings is 2. The zero-order valence-corrected chi connectivity index (χ0v) is 19.0. The van der Waals surface area contributed by atoms with Gasteiger partial charge in [-0.2, -0.15) is 9.90 Å². The van der Waals surface area contributed by atoms with Crippen molar-refractivity contribution in [2.45, 2.75) is 11.5 Å². The van der Waals surface area contributed by atoms with Crippen molar-refractivity contribution in [2.24, 2.45) is 0 Å². The van der Waals surface area contributed by atoms with Crippen molar-refractivity contribution in [1.82, 2.24) is 15.0 Å².